The molecule has 1 aromatic carbocycles. The minimum atomic E-state index is 0.0538. The highest BCUT2D eigenvalue weighted by Gasteiger charge is 2.20. The largest absolute Gasteiger partial charge is 0.475 e. The van der Waals surface area contributed by atoms with Gasteiger partial charge in [0.05, 0.1) is 0 Å². The Morgan fingerprint density at radius 1 is 0.471 bits per heavy atom. The number of rotatable bonds is 30. The summed E-state index contributed by atoms with van der Waals surface area (Å²) in [5, 5.41) is 0. The first kappa shape index (κ1) is 45.9. The van der Waals surface area contributed by atoms with E-state index in [2.05, 4.69) is 62.0 Å². The lowest BCUT2D eigenvalue weighted by Gasteiger charge is -2.31. The van der Waals surface area contributed by atoms with Gasteiger partial charge in [-0.2, -0.15) is 0 Å². The molecule has 0 amide bonds. The van der Waals surface area contributed by atoms with Crippen LogP contribution < -0.4 is 9.47 Å². The minimum absolute atomic E-state index is 0.0538. The minimum Gasteiger partial charge on any atom is -0.475 e. The third-order valence-electron chi connectivity index (χ3n) is 11.0. The molecule has 0 fully saturated rings. The molecule has 1 aliphatic heterocycles. The molecular weight excluding hydrogens is 629 g/mol. The topological polar surface area (TPSA) is 34.2 Å². The summed E-state index contributed by atoms with van der Waals surface area (Å²) in [7, 11) is 4.47. The standard InChI is InChI=1S/C46H86N2O3/c1-5-7-9-11-13-15-17-19-21-23-25-27-29-38-47(3)45-36-32-40-49-41-33-37-46(51-44-35-31-34-43(42-44)50-45)48(4)39-30-28-26-24-22-20-18-16-14-12-10-8-6-2/h31,34-35,42,45-46H,5-30,32-33,36-41H2,1-4H3. The van der Waals surface area contributed by atoms with Crippen LogP contribution in [0.2, 0.25) is 0 Å². The van der Waals surface area contributed by atoms with Gasteiger partial charge in [0.1, 0.15) is 11.5 Å². The van der Waals surface area contributed by atoms with E-state index in [-0.39, 0.29) is 12.5 Å². The SMILES string of the molecule is CCCCCCCCCCCCCCCN(C)C1CCCOCCCC(N(C)CCCCCCCCCCCCCCC)Oc2cccc(c2)O1. The second-order valence-electron chi connectivity index (χ2n) is 16.0. The molecule has 0 saturated heterocycles. The van der Waals surface area contributed by atoms with E-state index in [9.17, 15) is 0 Å². The Morgan fingerprint density at radius 2 is 0.784 bits per heavy atom. The molecule has 51 heavy (non-hydrogen) atoms. The summed E-state index contributed by atoms with van der Waals surface area (Å²) in [6.45, 7) is 8.34. The molecule has 0 saturated carbocycles. The van der Waals surface area contributed by atoms with Crippen molar-refractivity contribution in [3.05, 3.63) is 24.3 Å². The van der Waals surface area contributed by atoms with Gasteiger partial charge in [0.15, 0.2) is 12.5 Å². The van der Waals surface area contributed by atoms with Gasteiger partial charge in [-0.25, -0.2) is 0 Å². The zero-order valence-electron chi connectivity index (χ0n) is 34.6. The van der Waals surface area contributed by atoms with Crippen molar-refractivity contribution in [2.45, 2.75) is 219 Å². The van der Waals surface area contributed by atoms with Gasteiger partial charge in [0.25, 0.3) is 0 Å². The van der Waals surface area contributed by atoms with Crippen molar-refractivity contribution in [2.75, 3.05) is 40.4 Å². The molecule has 1 heterocycles. The third kappa shape index (κ3) is 25.4. The molecule has 0 spiro atoms. The van der Waals surface area contributed by atoms with Gasteiger partial charge < -0.3 is 14.2 Å². The molecule has 298 valence electrons. The van der Waals surface area contributed by atoms with Gasteiger partial charge in [-0.05, 0) is 51.9 Å². The van der Waals surface area contributed by atoms with Crippen molar-refractivity contribution in [3.63, 3.8) is 0 Å². The van der Waals surface area contributed by atoms with Crippen molar-refractivity contribution in [1.29, 1.82) is 0 Å². The van der Waals surface area contributed by atoms with Gasteiger partial charge in [-0.1, -0.05) is 174 Å². The molecule has 0 aliphatic carbocycles. The quantitative estimate of drug-likeness (QED) is 0.0741. The molecule has 5 heteroatoms. The lowest BCUT2D eigenvalue weighted by molar-refractivity contribution is 0.0128. The van der Waals surface area contributed by atoms with E-state index < -0.39 is 0 Å². The van der Waals surface area contributed by atoms with Crippen LogP contribution >= 0.6 is 0 Å². The Morgan fingerprint density at radius 3 is 1.12 bits per heavy atom. The highest BCUT2D eigenvalue weighted by Crippen LogP contribution is 2.25. The van der Waals surface area contributed by atoms with Gasteiger partial charge in [-0.15, -0.1) is 0 Å². The van der Waals surface area contributed by atoms with E-state index in [0.29, 0.717) is 0 Å². The van der Waals surface area contributed by atoms with Crippen LogP contribution in [0.5, 0.6) is 11.5 Å². The summed E-state index contributed by atoms with van der Waals surface area (Å²) in [4.78, 5) is 4.84. The van der Waals surface area contributed by atoms with E-state index in [1.165, 1.54) is 167 Å². The zero-order valence-corrected chi connectivity index (χ0v) is 34.6. The van der Waals surface area contributed by atoms with Crippen LogP contribution in [0, 0.1) is 0 Å². The lowest BCUT2D eigenvalue weighted by atomic mass is 10.0. The van der Waals surface area contributed by atoms with Crippen LogP contribution in [0.4, 0.5) is 0 Å². The van der Waals surface area contributed by atoms with Crippen LogP contribution in [-0.4, -0.2) is 62.7 Å². The monoisotopic (exact) mass is 715 g/mol. The highest BCUT2D eigenvalue weighted by molar-refractivity contribution is 5.33. The van der Waals surface area contributed by atoms with Crippen molar-refractivity contribution >= 4 is 0 Å². The maximum absolute atomic E-state index is 6.65. The smallest absolute Gasteiger partial charge is 0.152 e. The summed E-state index contributed by atoms with van der Waals surface area (Å²) in [6, 6.07) is 8.38. The van der Waals surface area contributed by atoms with E-state index in [1.54, 1.807) is 0 Å². The fraction of sp³-hybridized carbons (Fsp3) is 0.870. The summed E-state index contributed by atoms with van der Waals surface area (Å²) >= 11 is 0. The predicted octanol–water partition coefficient (Wildman–Crippen LogP) is 13.7. The van der Waals surface area contributed by atoms with Crippen LogP contribution in [-0.2, 0) is 4.74 Å². The first-order valence-electron chi connectivity index (χ1n) is 22.6. The van der Waals surface area contributed by atoms with E-state index in [0.717, 1.165) is 63.5 Å². The lowest BCUT2D eigenvalue weighted by Crippen LogP contribution is -2.38. The van der Waals surface area contributed by atoms with E-state index >= 15 is 0 Å². The summed E-state index contributed by atoms with van der Waals surface area (Å²) in [5.74, 6) is 1.82. The second kappa shape index (κ2) is 33.3. The Hall–Kier alpha value is -1.30. The van der Waals surface area contributed by atoms with Gasteiger partial charge in [0, 0.05) is 45.2 Å². The van der Waals surface area contributed by atoms with Gasteiger partial charge >= 0.3 is 0 Å². The number of hydrogen-bond donors (Lipinski definition) is 0. The average molecular weight is 715 g/mol. The molecule has 5 nitrogen and oxygen atoms in total. The summed E-state index contributed by atoms with van der Waals surface area (Å²) < 4.78 is 19.4. The zero-order chi connectivity index (χ0) is 36.5. The van der Waals surface area contributed by atoms with Crippen LogP contribution in [0.1, 0.15) is 206 Å². The molecule has 2 atom stereocenters. The molecule has 1 aromatic rings. The second-order valence-corrected chi connectivity index (χ2v) is 16.0. The highest BCUT2D eigenvalue weighted by atomic mass is 16.5. The van der Waals surface area contributed by atoms with Crippen LogP contribution in [0.25, 0.3) is 0 Å². The number of hydrogen-bond acceptors (Lipinski definition) is 5. The molecule has 2 rings (SSSR count). The van der Waals surface area contributed by atoms with Gasteiger partial charge in [0.2, 0.25) is 0 Å². The number of nitrogens with zero attached hydrogens (tertiary/aromatic N) is 2. The van der Waals surface area contributed by atoms with Crippen molar-refractivity contribution in [2.24, 2.45) is 0 Å². The van der Waals surface area contributed by atoms with E-state index in [1.807, 2.05) is 0 Å². The first-order chi connectivity index (χ1) is 25.1. The third-order valence-corrected chi connectivity index (χ3v) is 11.0. The Kier molecular flexibility index (Phi) is 29.9. The van der Waals surface area contributed by atoms with Crippen LogP contribution in [0.15, 0.2) is 24.3 Å². The van der Waals surface area contributed by atoms with Crippen molar-refractivity contribution < 1.29 is 14.2 Å². The Balaban J connectivity index is 1.68. The Labute approximate surface area is 318 Å². The fourth-order valence-electron chi connectivity index (χ4n) is 7.54. The average Bonchev–Trinajstić information content (AvgIpc) is 3.13. The van der Waals surface area contributed by atoms with Crippen molar-refractivity contribution in [3.8, 4) is 11.5 Å². The predicted molar refractivity (Wildman–Crippen MR) is 221 cm³/mol. The maximum Gasteiger partial charge on any atom is 0.152 e. The maximum atomic E-state index is 6.65. The first-order valence-corrected chi connectivity index (χ1v) is 22.6. The van der Waals surface area contributed by atoms with Gasteiger partial charge in [-0.3, -0.25) is 9.80 Å². The summed E-state index contributed by atoms with van der Waals surface area (Å²) in [5.41, 5.74) is 0. The molecular formula is C46H86N2O3. The molecule has 0 radical (unpaired) electrons. The molecule has 0 aromatic heterocycles. The molecule has 1 aliphatic rings. The molecule has 2 unspecified atom stereocenters. The van der Waals surface area contributed by atoms with E-state index in [4.69, 9.17) is 14.2 Å². The summed E-state index contributed by atoms with van der Waals surface area (Å²) in [6.07, 6.45) is 40.2. The van der Waals surface area contributed by atoms with Crippen LogP contribution in [0.3, 0.4) is 0 Å². The number of fused-ring (bicyclic) bond motifs is 2. The normalized spacial score (nSPS) is 17.4. The Bertz CT molecular complexity index is 817. The number of unbranched alkanes of at least 4 members (excludes halogenated alkanes) is 24. The van der Waals surface area contributed by atoms with Crippen molar-refractivity contribution in [1.82, 2.24) is 9.80 Å². The molecule has 2 bridgehead atoms. The number of ether oxygens (including phenoxy) is 3. The fourth-order valence-corrected chi connectivity index (χ4v) is 7.54. The number of benzene rings is 1. The molecule has 0 N–H and O–H groups in total.